The lowest BCUT2D eigenvalue weighted by Crippen LogP contribution is -2.39. The molecule has 1 saturated carbocycles. The Kier molecular flexibility index (Phi) is 7.13. The summed E-state index contributed by atoms with van der Waals surface area (Å²) in [7, 11) is 0. The predicted molar refractivity (Wildman–Crippen MR) is 79.6 cm³/mol. The Hall–Kier alpha value is -0.370. The molecule has 18 heavy (non-hydrogen) atoms. The molecule has 1 atom stereocenters. The van der Waals surface area contributed by atoms with Gasteiger partial charge in [0.1, 0.15) is 0 Å². The van der Waals surface area contributed by atoms with Gasteiger partial charge < -0.3 is 5.73 Å². The number of hydrogen-bond donors (Lipinski definition) is 1. The third-order valence-electron chi connectivity index (χ3n) is 3.95. The molecular formula is C16H33NO. The molecule has 1 rings (SSSR count). The molecule has 0 bridgehead atoms. The second kappa shape index (κ2) is 7.28. The fourth-order valence-electron chi connectivity index (χ4n) is 2.67. The van der Waals surface area contributed by atoms with Gasteiger partial charge in [0.05, 0.1) is 6.04 Å². The van der Waals surface area contributed by atoms with Crippen LogP contribution < -0.4 is 5.73 Å². The molecule has 1 fully saturated rings. The van der Waals surface area contributed by atoms with Crippen LogP contribution >= 0.6 is 0 Å². The zero-order valence-electron chi connectivity index (χ0n) is 13.3. The van der Waals surface area contributed by atoms with Crippen LogP contribution in [0.1, 0.15) is 80.1 Å². The Morgan fingerprint density at radius 1 is 1.22 bits per heavy atom. The van der Waals surface area contributed by atoms with Crippen molar-refractivity contribution < 1.29 is 4.79 Å². The second-order valence-corrected chi connectivity index (χ2v) is 6.78. The summed E-state index contributed by atoms with van der Waals surface area (Å²) < 4.78 is 0. The van der Waals surface area contributed by atoms with Gasteiger partial charge in [0.25, 0.3) is 0 Å². The molecule has 0 aliphatic heterocycles. The van der Waals surface area contributed by atoms with Gasteiger partial charge in [0.15, 0.2) is 5.78 Å². The van der Waals surface area contributed by atoms with E-state index in [4.69, 9.17) is 5.73 Å². The van der Waals surface area contributed by atoms with Crippen molar-refractivity contribution in [2.24, 2.45) is 16.6 Å². The zero-order chi connectivity index (χ0) is 14.4. The van der Waals surface area contributed by atoms with E-state index in [0.717, 1.165) is 12.8 Å². The molecule has 1 unspecified atom stereocenters. The van der Waals surface area contributed by atoms with Gasteiger partial charge in [-0.15, -0.1) is 0 Å². The zero-order valence-corrected chi connectivity index (χ0v) is 13.3. The number of hydrogen-bond acceptors (Lipinski definition) is 2. The van der Waals surface area contributed by atoms with Gasteiger partial charge in [-0.1, -0.05) is 54.4 Å². The molecular weight excluding hydrogens is 222 g/mol. The molecule has 2 N–H and O–H groups in total. The van der Waals surface area contributed by atoms with E-state index in [9.17, 15) is 4.79 Å². The summed E-state index contributed by atoms with van der Waals surface area (Å²) in [6.07, 6.45) is 7.27. The molecule has 0 aromatic heterocycles. The molecule has 0 saturated heterocycles. The predicted octanol–water partition coefficient (Wildman–Crippen LogP) is 4.32. The third kappa shape index (κ3) is 5.51. The fourth-order valence-corrected chi connectivity index (χ4v) is 2.67. The lowest BCUT2D eigenvalue weighted by atomic mass is 9.79. The van der Waals surface area contributed by atoms with E-state index in [-0.39, 0.29) is 17.2 Å². The van der Waals surface area contributed by atoms with Crippen LogP contribution in [0.15, 0.2) is 0 Å². The first-order valence-corrected chi connectivity index (χ1v) is 7.55. The largest absolute Gasteiger partial charge is 0.321 e. The summed E-state index contributed by atoms with van der Waals surface area (Å²) in [6.45, 7) is 12.2. The first-order valence-electron chi connectivity index (χ1n) is 7.55. The minimum atomic E-state index is -0.296. The van der Waals surface area contributed by atoms with Gasteiger partial charge in [-0.05, 0) is 31.1 Å². The maximum atomic E-state index is 11.9. The molecule has 2 nitrogen and oxygen atoms in total. The van der Waals surface area contributed by atoms with Gasteiger partial charge in [-0.2, -0.15) is 0 Å². The monoisotopic (exact) mass is 255 g/mol. The standard InChI is InChI=1S/C14H27NO.C2H6/c1-13(2,3)12(16)11(15)7-10-14(4)8-5-6-9-14;1-2/h11H,5-10,15H2,1-4H3;1-2H3. The number of Topliss-reactive ketones (excluding diaryl/α,β-unsaturated/α-hetero) is 1. The average Bonchev–Trinajstić information content (AvgIpc) is 2.74. The van der Waals surface area contributed by atoms with Crippen molar-refractivity contribution in [1.82, 2.24) is 0 Å². The Balaban J connectivity index is 0.00000137. The summed E-state index contributed by atoms with van der Waals surface area (Å²) in [4.78, 5) is 11.9. The van der Waals surface area contributed by atoms with Gasteiger partial charge in [-0.25, -0.2) is 0 Å². The quantitative estimate of drug-likeness (QED) is 0.813. The maximum absolute atomic E-state index is 11.9. The summed E-state index contributed by atoms with van der Waals surface area (Å²) in [6, 6.07) is -0.266. The summed E-state index contributed by atoms with van der Waals surface area (Å²) in [5.41, 5.74) is 6.15. The van der Waals surface area contributed by atoms with E-state index in [1.807, 2.05) is 34.6 Å². The van der Waals surface area contributed by atoms with Crippen molar-refractivity contribution in [3.05, 3.63) is 0 Å². The highest BCUT2D eigenvalue weighted by molar-refractivity contribution is 5.88. The third-order valence-corrected chi connectivity index (χ3v) is 3.95. The van der Waals surface area contributed by atoms with Crippen LogP contribution in [0.25, 0.3) is 0 Å². The average molecular weight is 255 g/mol. The van der Waals surface area contributed by atoms with Gasteiger partial charge >= 0.3 is 0 Å². The van der Waals surface area contributed by atoms with Crippen LogP contribution in [-0.4, -0.2) is 11.8 Å². The molecule has 1 aliphatic rings. The molecule has 108 valence electrons. The molecule has 0 aromatic rings. The van der Waals surface area contributed by atoms with Crippen LogP contribution in [-0.2, 0) is 4.79 Å². The lowest BCUT2D eigenvalue weighted by Gasteiger charge is -2.27. The van der Waals surface area contributed by atoms with E-state index in [2.05, 4.69) is 6.92 Å². The Bertz CT molecular complexity index is 246. The minimum absolute atomic E-state index is 0.203. The Labute approximate surface area is 114 Å². The highest BCUT2D eigenvalue weighted by atomic mass is 16.1. The maximum Gasteiger partial charge on any atom is 0.154 e. The molecule has 2 heteroatoms. The van der Waals surface area contributed by atoms with Crippen molar-refractivity contribution in [2.45, 2.75) is 86.1 Å². The normalized spacial score (nSPS) is 19.9. The fraction of sp³-hybridized carbons (Fsp3) is 0.938. The van der Waals surface area contributed by atoms with Crippen molar-refractivity contribution in [1.29, 1.82) is 0 Å². The Morgan fingerprint density at radius 3 is 2.06 bits per heavy atom. The van der Waals surface area contributed by atoms with E-state index in [1.54, 1.807) is 0 Å². The van der Waals surface area contributed by atoms with E-state index < -0.39 is 0 Å². The number of carbonyl (C=O) groups is 1. The van der Waals surface area contributed by atoms with Crippen molar-refractivity contribution in [3.63, 3.8) is 0 Å². The van der Waals surface area contributed by atoms with Crippen LogP contribution in [0.2, 0.25) is 0 Å². The molecule has 0 spiro atoms. The minimum Gasteiger partial charge on any atom is -0.321 e. The molecule has 0 heterocycles. The summed E-state index contributed by atoms with van der Waals surface area (Å²) in [5, 5.41) is 0. The molecule has 0 aromatic carbocycles. The Morgan fingerprint density at radius 2 is 1.67 bits per heavy atom. The molecule has 1 aliphatic carbocycles. The van der Waals surface area contributed by atoms with E-state index in [1.165, 1.54) is 25.7 Å². The van der Waals surface area contributed by atoms with Gasteiger partial charge in [0, 0.05) is 5.41 Å². The molecule has 0 radical (unpaired) electrons. The number of rotatable bonds is 4. The highest BCUT2D eigenvalue weighted by Gasteiger charge is 2.32. The molecule has 0 amide bonds. The van der Waals surface area contributed by atoms with Crippen molar-refractivity contribution in [2.75, 3.05) is 0 Å². The van der Waals surface area contributed by atoms with E-state index in [0.29, 0.717) is 5.41 Å². The number of ketones is 1. The van der Waals surface area contributed by atoms with Crippen molar-refractivity contribution in [3.8, 4) is 0 Å². The van der Waals surface area contributed by atoms with Crippen LogP contribution in [0, 0.1) is 10.8 Å². The topological polar surface area (TPSA) is 43.1 Å². The van der Waals surface area contributed by atoms with Gasteiger partial charge in [0.2, 0.25) is 0 Å². The smallest absolute Gasteiger partial charge is 0.154 e. The van der Waals surface area contributed by atoms with Gasteiger partial charge in [-0.3, -0.25) is 4.79 Å². The van der Waals surface area contributed by atoms with Crippen LogP contribution in [0.3, 0.4) is 0 Å². The van der Waals surface area contributed by atoms with Crippen LogP contribution in [0.4, 0.5) is 0 Å². The van der Waals surface area contributed by atoms with Crippen LogP contribution in [0.5, 0.6) is 0 Å². The first-order chi connectivity index (χ1) is 8.25. The number of nitrogens with two attached hydrogens (primary N) is 1. The first kappa shape index (κ1) is 17.6. The summed E-state index contributed by atoms with van der Waals surface area (Å²) in [5.74, 6) is 0.203. The second-order valence-electron chi connectivity index (χ2n) is 6.78. The van der Waals surface area contributed by atoms with Crippen molar-refractivity contribution >= 4 is 5.78 Å². The van der Waals surface area contributed by atoms with E-state index >= 15 is 0 Å². The number of carbonyl (C=O) groups excluding carboxylic acids is 1. The SMILES string of the molecule is CC.CC1(CCC(N)C(=O)C(C)(C)C)CCCC1. The summed E-state index contributed by atoms with van der Waals surface area (Å²) >= 11 is 0. The lowest BCUT2D eigenvalue weighted by molar-refractivity contribution is -0.127. The highest BCUT2D eigenvalue weighted by Crippen LogP contribution is 2.41.